The van der Waals surface area contributed by atoms with Gasteiger partial charge in [0.25, 0.3) is 0 Å². The van der Waals surface area contributed by atoms with Crippen LogP contribution in [0.15, 0.2) is 206 Å². The van der Waals surface area contributed by atoms with E-state index in [9.17, 15) is 0 Å². The molecule has 2 nitrogen and oxygen atoms in total. The summed E-state index contributed by atoms with van der Waals surface area (Å²) >= 11 is 0. The van der Waals surface area contributed by atoms with E-state index >= 15 is 0 Å². The summed E-state index contributed by atoms with van der Waals surface area (Å²) in [7, 11) is 0. The molecule has 0 saturated heterocycles. The predicted molar refractivity (Wildman–Crippen MR) is 275 cm³/mol. The maximum atomic E-state index is 2.62. The van der Waals surface area contributed by atoms with Crippen LogP contribution in [0.1, 0.15) is 43.2 Å². The van der Waals surface area contributed by atoms with Gasteiger partial charge in [0, 0.05) is 38.3 Å². The fourth-order valence-corrected chi connectivity index (χ4v) is 14.4. The lowest BCUT2D eigenvalue weighted by Crippen LogP contribution is -2.55. The Morgan fingerprint density at radius 2 is 0.788 bits per heavy atom. The Hall–Kier alpha value is -7.42. The van der Waals surface area contributed by atoms with E-state index in [1.165, 1.54) is 126 Å². The zero-order valence-corrected chi connectivity index (χ0v) is 36.9. The molecular formula is C64H48N2. The molecule has 0 amide bonds. The topological polar surface area (TPSA) is 9.86 Å². The smallest absolute Gasteiger partial charge is 0.0547 e. The first-order chi connectivity index (χ1) is 32.7. The van der Waals surface area contributed by atoms with Crippen LogP contribution in [0.2, 0.25) is 0 Å². The monoisotopic (exact) mass is 844 g/mol. The maximum Gasteiger partial charge on any atom is 0.0547 e. The lowest BCUT2D eigenvalue weighted by molar-refractivity contribution is -0.0399. The molecule has 66 heavy (non-hydrogen) atoms. The van der Waals surface area contributed by atoms with Crippen molar-refractivity contribution in [3.05, 3.63) is 217 Å². The molecule has 0 atom stereocenters. The third-order valence-electron chi connectivity index (χ3n) is 16.9. The third-order valence-corrected chi connectivity index (χ3v) is 16.9. The number of rotatable bonds is 5. The summed E-state index contributed by atoms with van der Waals surface area (Å²) in [4.78, 5) is 0. The first-order valence-corrected chi connectivity index (χ1v) is 24.3. The van der Waals surface area contributed by atoms with Gasteiger partial charge in [-0.25, -0.2) is 0 Å². The molecule has 9 aromatic carbocycles. The second-order valence-corrected chi connectivity index (χ2v) is 20.1. The number of benzene rings is 9. The van der Waals surface area contributed by atoms with E-state index in [2.05, 4.69) is 215 Å². The highest BCUT2D eigenvalue weighted by Crippen LogP contribution is 2.69. The van der Waals surface area contributed by atoms with Crippen molar-refractivity contribution in [2.45, 2.75) is 37.5 Å². The van der Waals surface area contributed by atoms with Crippen LogP contribution < -0.4 is 0 Å². The van der Waals surface area contributed by atoms with Crippen LogP contribution in [0.3, 0.4) is 0 Å². The Morgan fingerprint density at radius 1 is 0.303 bits per heavy atom. The average Bonchev–Trinajstić information content (AvgIpc) is 3.99. The van der Waals surface area contributed by atoms with Gasteiger partial charge >= 0.3 is 0 Å². The van der Waals surface area contributed by atoms with E-state index in [0.29, 0.717) is 0 Å². The minimum absolute atomic E-state index is 0.171. The highest BCUT2D eigenvalue weighted by Gasteiger charge is 2.61. The molecule has 5 aliphatic rings. The number of aromatic nitrogens is 2. The van der Waals surface area contributed by atoms with Crippen LogP contribution in [0.4, 0.5) is 0 Å². The zero-order valence-electron chi connectivity index (χ0n) is 36.9. The standard InChI is InChI=1S/C64H48N2/c1-2-11-42(12-3-1)44-13-10-14-51(36-44)66-61-20-9-6-17-55(61)57-30-25-47(39-63(57)66)46-24-29-56-54-16-5-8-19-60(54)65(62(56)38-46)50-26-21-43(22-27-50)45-23-28-53-52-15-4-7-18-58(52)64(59(53)37-45)48-32-40-31-41(34-48)35-49(64)33-40/h1-30,36-41,48-49H,31-35H2. The first-order valence-electron chi connectivity index (χ1n) is 24.3. The van der Waals surface area contributed by atoms with Crippen molar-refractivity contribution < 1.29 is 0 Å². The molecule has 1 spiro atoms. The van der Waals surface area contributed by atoms with E-state index in [1.807, 2.05) is 0 Å². The van der Waals surface area contributed by atoms with Crippen molar-refractivity contribution in [1.29, 1.82) is 0 Å². The quantitative estimate of drug-likeness (QED) is 0.163. The van der Waals surface area contributed by atoms with Crippen LogP contribution in [-0.4, -0.2) is 9.13 Å². The fourth-order valence-electron chi connectivity index (χ4n) is 14.4. The molecule has 314 valence electrons. The van der Waals surface area contributed by atoms with Crippen molar-refractivity contribution in [2.24, 2.45) is 23.7 Å². The molecule has 2 aromatic heterocycles. The van der Waals surface area contributed by atoms with E-state index in [-0.39, 0.29) is 5.41 Å². The highest BCUT2D eigenvalue weighted by atomic mass is 15.0. The first kappa shape index (κ1) is 36.9. The summed E-state index contributed by atoms with van der Waals surface area (Å²) in [6.07, 6.45) is 7.10. The molecule has 5 aliphatic carbocycles. The van der Waals surface area contributed by atoms with Crippen molar-refractivity contribution in [3.63, 3.8) is 0 Å². The van der Waals surface area contributed by atoms with Gasteiger partial charge in [-0.2, -0.15) is 0 Å². The van der Waals surface area contributed by atoms with Crippen molar-refractivity contribution in [1.82, 2.24) is 9.13 Å². The lowest BCUT2D eigenvalue weighted by atomic mass is 9.43. The normalized spacial score (nSPS) is 21.4. The molecule has 0 unspecified atom stereocenters. The molecule has 2 heteroatoms. The van der Waals surface area contributed by atoms with Crippen molar-refractivity contribution >= 4 is 43.6 Å². The van der Waals surface area contributed by atoms with E-state index in [1.54, 1.807) is 11.1 Å². The van der Waals surface area contributed by atoms with Gasteiger partial charge in [-0.05, 0) is 166 Å². The van der Waals surface area contributed by atoms with E-state index < -0.39 is 0 Å². The Morgan fingerprint density at radius 3 is 1.47 bits per heavy atom. The van der Waals surface area contributed by atoms with E-state index in [4.69, 9.17) is 0 Å². The summed E-state index contributed by atoms with van der Waals surface area (Å²) in [5, 5.41) is 5.07. The second-order valence-electron chi connectivity index (χ2n) is 20.1. The van der Waals surface area contributed by atoms with E-state index in [0.717, 1.165) is 29.4 Å². The summed E-state index contributed by atoms with van der Waals surface area (Å²) < 4.78 is 4.92. The van der Waals surface area contributed by atoms with Crippen molar-refractivity contribution in [2.75, 3.05) is 0 Å². The van der Waals surface area contributed by atoms with Crippen LogP contribution in [0, 0.1) is 23.7 Å². The maximum absolute atomic E-state index is 2.62. The van der Waals surface area contributed by atoms with Crippen LogP contribution in [-0.2, 0) is 5.41 Å². The van der Waals surface area contributed by atoms with Gasteiger partial charge in [0.15, 0.2) is 0 Å². The number of para-hydroxylation sites is 2. The van der Waals surface area contributed by atoms with Crippen molar-refractivity contribution in [3.8, 4) is 55.9 Å². The number of nitrogens with zero attached hydrogens (tertiary/aromatic N) is 2. The largest absolute Gasteiger partial charge is 0.309 e. The zero-order chi connectivity index (χ0) is 43.1. The fraction of sp³-hybridized carbons (Fsp3) is 0.156. The Labute approximate surface area is 385 Å². The van der Waals surface area contributed by atoms with Gasteiger partial charge in [-0.15, -0.1) is 0 Å². The third kappa shape index (κ3) is 5.13. The SMILES string of the molecule is c1ccc(-c2cccc(-n3c4ccccc4c4ccc(-c5ccc6c7ccccc7n(-c7ccc(-c8ccc9c(c8)C8(c%10ccccc%10-9)C9CC%10CC(C9)CC8C%10)cc7)c6c5)cc43)c2)cc1. The molecule has 4 saturated carbocycles. The van der Waals surface area contributed by atoms with Crippen LogP contribution >= 0.6 is 0 Å². The van der Waals surface area contributed by atoms with Gasteiger partial charge in [-0.3, -0.25) is 0 Å². The molecule has 0 N–H and O–H groups in total. The van der Waals surface area contributed by atoms with Crippen LogP contribution in [0.25, 0.3) is 99.5 Å². The second kappa shape index (κ2) is 13.8. The predicted octanol–water partition coefficient (Wildman–Crippen LogP) is 16.6. The van der Waals surface area contributed by atoms with Crippen LogP contribution in [0.5, 0.6) is 0 Å². The summed E-state index contributed by atoms with van der Waals surface area (Å²) in [5.41, 5.74) is 21.1. The minimum Gasteiger partial charge on any atom is -0.309 e. The van der Waals surface area contributed by atoms with Gasteiger partial charge in [0.05, 0.1) is 22.1 Å². The highest BCUT2D eigenvalue weighted by molar-refractivity contribution is 6.12. The molecule has 4 bridgehead atoms. The molecule has 2 heterocycles. The minimum atomic E-state index is 0.171. The Balaban J connectivity index is 0.838. The molecule has 11 aromatic rings. The molecule has 16 rings (SSSR count). The summed E-state index contributed by atoms with van der Waals surface area (Å²) in [6.45, 7) is 0. The number of fused-ring (bicyclic) bond motifs is 9. The average molecular weight is 845 g/mol. The number of hydrogen-bond acceptors (Lipinski definition) is 0. The summed E-state index contributed by atoms with van der Waals surface area (Å²) in [5.74, 6) is 3.40. The Kier molecular flexibility index (Phi) is 7.71. The molecular weight excluding hydrogens is 797 g/mol. The molecule has 4 fully saturated rings. The Bertz CT molecular complexity index is 3740. The molecule has 0 radical (unpaired) electrons. The van der Waals surface area contributed by atoms with Gasteiger partial charge < -0.3 is 9.13 Å². The molecule has 0 aliphatic heterocycles. The van der Waals surface area contributed by atoms with Gasteiger partial charge in [0.2, 0.25) is 0 Å². The lowest BCUT2D eigenvalue weighted by Gasteiger charge is -2.61. The summed E-state index contributed by atoms with van der Waals surface area (Å²) in [6, 6.07) is 77.9. The number of hydrogen-bond donors (Lipinski definition) is 0. The van der Waals surface area contributed by atoms with Gasteiger partial charge in [0.1, 0.15) is 0 Å². The van der Waals surface area contributed by atoms with Gasteiger partial charge in [-0.1, -0.05) is 152 Å².